The van der Waals surface area contributed by atoms with E-state index in [2.05, 4.69) is 13.5 Å². The molecule has 1 rings (SSSR count). The molecule has 3 atom stereocenters. The fraction of sp³-hybridized carbons (Fsp3) is 0.800. The number of rotatable bonds is 3. The van der Waals surface area contributed by atoms with Crippen molar-refractivity contribution in [2.45, 2.75) is 50.9 Å². The highest BCUT2D eigenvalue weighted by atomic mass is 16.5. The lowest BCUT2D eigenvalue weighted by atomic mass is 9.95. The molecule has 0 amide bonds. The Kier molecular flexibility index (Phi) is 2.91. The predicted molar refractivity (Wildman–Crippen MR) is 49.0 cm³/mol. The molecule has 1 heterocycles. The standard InChI is InChI=1S/C10H18O2/c1-4-8-6-7-10(3,12-8)9(11)5-2/h5,8-9,11H,2,4,6-7H2,1,3H3/t8?,9-,10-/m0/s1. The first-order valence-electron chi connectivity index (χ1n) is 4.61. The van der Waals surface area contributed by atoms with Crippen LogP contribution in [-0.4, -0.2) is 22.9 Å². The van der Waals surface area contributed by atoms with E-state index in [0.29, 0.717) is 6.10 Å². The van der Waals surface area contributed by atoms with Crippen LogP contribution in [0.4, 0.5) is 0 Å². The third-order valence-electron chi connectivity index (χ3n) is 2.70. The Morgan fingerprint density at radius 3 is 2.92 bits per heavy atom. The van der Waals surface area contributed by atoms with Gasteiger partial charge >= 0.3 is 0 Å². The van der Waals surface area contributed by atoms with E-state index in [1.54, 1.807) is 6.08 Å². The van der Waals surface area contributed by atoms with Crippen LogP contribution in [0.3, 0.4) is 0 Å². The van der Waals surface area contributed by atoms with Gasteiger partial charge in [0, 0.05) is 0 Å². The van der Waals surface area contributed by atoms with Crippen LogP contribution in [0, 0.1) is 0 Å². The number of ether oxygens (including phenoxy) is 1. The van der Waals surface area contributed by atoms with Crippen LogP contribution in [0.15, 0.2) is 12.7 Å². The van der Waals surface area contributed by atoms with Gasteiger partial charge in [0.1, 0.15) is 6.10 Å². The van der Waals surface area contributed by atoms with Crippen LogP contribution in [0.25, 0.3) is 0 Å². The van der Waals surface area contributed by atoms with Crippen LogP contribution in [0.5, 0.6) is 0 Å². The van der Waals surface area contributed by atoms with Crippen molar-refractivity contribution in [1.82, 2.24) is 0 Å². The average molecular weight is 170 g/mol. The maximum Gasteiger partial charge on any atom is 0.101 e. The average Bonchev–Trinajstić information content (AvgIpc) is 2.47. The first-order chi connectivity index (χ1) is 5.62. The Bertz CT molecular complexity index is 167. The summed E-state index contributed by atoms with van der Waals surface area (Å²) in [6, 6.07) is 0. The van der Waals surface area contributed by atoms with Crippen LogP contribution < -0.4 is 0 Å². The van der Waals surface area contributed by atoms with Crippen LogP contribution in [-0.2, 0) is 4.74 Å². The Hall–Kier alpha value is -0.340. The Morgan fingerprint density at radius 1 is 1.83 bits per heavy atom. The Labute approximate surface area is 74.2 Å². The fourth-order valence-corrected chi connectivity index (χ4v) is 1.70. The highest BCUT2D eigenvalue weighted by Gasteiger charge is 2.39. The summed E-state index contributed by atoms with van der Waals surface area (Å²) in [5.41, 5.74) is -0.386. The van der Waals surface area contributed by atoms with E-state index in [9.17, 15) is 5.11 Å². The third kappa shape index (κ3) is 1.70. The molecule has 1 unspecified atom stereocenters. The summed E-state index contributed by atoms with van der Waals surface area (Å²) in [6.07, 6.45) is 4.35. The van der Waals surface area contributed by atoms with Crippen molar-refractivity contribution in [3.8, 4) is 0 Å². The minimum Gasteiger partial charge on any atom is -0.386 e. The van der Waals surface area contributed by atoms with E-state index in [4.69, 9.17) is 4.74 Å². The molecule has 1 saturated heterocycles. The second-order valence-corrected chi connectivity index (χ2v) is 3.68. The zero-order valence-electron chi connectivity index (χ0n) is 7.92. The van der Waals surface area contributed by atoms with Gasteiger partial charge in [0.2, 0.25) is 0 Å². The summed E-state index contributed by atoms with van der Waals surface area (Å²) in [5, 5.41) is 9.59. The van der Waals surface area contributed by atoms with Crippen molar-refractivity contribution < 1.29 is 9.84 Å². The summed E-state index contributed by atoms with van der Waals surface area (Å²) in [6.45, 7) is 7.63. The summed E-state index contributed by atoms with van der Waals surface area (Å²) in [4.78, 5) is 0. The van der Waals surface area contributed by atoms with Gasteiger partial charge < -0.3 is 9.84 Å². The lowest BCUT2D eigenvalue weighted by Crippen LogP contribution is -2.37. The maximum absolute atomic E-state index is 9.59. The Morgan fingerprint density at radius 2 is 2.50 bits per heavy atom. The van der Waals surface area contributed by atoms with Gasteiger partial charge in [-0.15, -0.1) is 6.58 Å². The van der Waals surface area contributed by atoms with Crippen molar-refractivity contribution in [1.29, 1.82) is 0 Å². The maximum atomic E-state index is 9.59. The molecule has 2 nitrogen and oxygen atoms in total. The second kappa shape index (κ2) is 3.58. The van der Waals surface area contributed by atoms with Gasteiger partial charge in [0.15, 0.2) is 0 Å². The van der Waals surface area contributed by atoms with Crippen molar-refractivity contribution in [3.63, 3.8) is 0 Å². The molecule has 0 aromatic heterocycles. The smallest absolute Gasteiger partial charge is 0.101 e. The molecule has 70 valence electrons. The summed E-state index contributed by atoms with van der Waals surface area (Å²) in [7, 11) is 0. The van der Waals surface area contributed by atoms with E-state index in [0.717, 1.165) is 19.3 Å². The lowest BCUT2D eigenvalue weighted by molar-refractivity contribution is -0.0878. The molecule has 0 aromatic rings. The molecule has 0 saturated carbocycles. The number of hydrogen-bond acceptors (Lipinski definition) is 2. The molecule has 1 aliphatic rings. The predicted octanol–water partition coefficient (Wildman–Crippen LogP) is 1.88. The molecule has 0 bridgehead atoms. The molecule has 1 N–H and O–H groups in total. The largest absolute Gasteiger partial charge is 0.386 e. The summed E-state index contributed by atoms with van der Waals surface area (Å²) >= 11 is 0. The molecular formula is C10H18O2. The molecule has 0 radical (unpaired) electrons. The molecular weight excluding hydrogens is 152 g/mol. The monoisotopic (exact) mass is 170 g/mol. The van der Waals surface area contributed by atoms with Crippen molar-refractivity contribution >= 4 is 0 Å². The van der Waals surface area contributed by atoms with Gasteiger partial charge in [-0.05, 0) is 26.2 Å². The van der Waals surface area contributed by atoms with E-state index < -0.39 is 6.10 Å². The first kappa shape index (κ1) is 9.75. The van der Waals surface area contributed by atoms with Crippen molar-refractivity contribution in [3.05, 3.63) is 12.7 Å². The number of aliphatic hydroxyl groups is 1. The number of aliphatic hydroxyl groups excluding tert-OH is 1. The molecule has 0 spiro atoms. The number of hydrogen-bond donors (Lipinski definition) is 1. The molecule has 1 fully saturated rings. The minimum absolute atomic E-state index is 0.324. The van der Waals surface area contributed by atoms with Gasteiger partial charge in [0.25, 0.3) is 0 Å². The Balaban J connectivity index is 2.57. The van der Waals surface area contributed by atoms with Gasteiger partial charge in [-0.2, -0.15) is 0 Å². The minimum atomic E-state index is -0.533. The van der Waals surface area contributed by atoms with Gasteiger partial charge in [-0.1, -0.05) is 13.0 Å². The molecule has 2 heteroatoms. The van der Waals surface area contributed by atoms with E-state index >= 15 is 0 Å². The van der Waals surface area contributed by atoms with E-state index in [1.807, 2.05) is 6.92 Å². The third-order valence-corrected chi connectivity index (χ3v) is 2.70. The zero-order valence-corrected chi connectivity index (χ0v) is 7.92. The second-order valence-electron chi connectivity index (χ2n) is 3.68. The highest BCUT2D eigenvalue weighted by molar-refractivity contribution is 4.98. The molecule has 1 aliphatic heterocycles. The van der Waals surface area contributed by atoms with E-state index in [1.165, 1.54) is 0 Å². The van der Waals surface area contributed by atoms with Crippen LogP contribution in [0.1, 0.15) is 33.1 Å². The topological polar surface area (TPSA) is 29.5 Å². The zero-order chi connectivity index (χ0) is 9.19. The summed E-state index contributed by atoms with van der Waals surface area (Å²) in [5.74, 6) is 0. The molecule has 0 aromatic carbocycles. The van der Waals surface area contributed by atoms with Crippen molar-refractivity contribution in [2.75, 3.05) is 0 Å². The quantitative estimate of drug-likeness (QED) is 0.655. The summed E-state index contributed by atoms with van der Waals surface area (Å²) < 4.78 is 5.73. The molecule has 12 heavy (non-hydrogen) atoms. The SMILES string of the molecule is C=C[C@H](O)[C@]1(C)CCC(CC)O1. The first-order valence-corrected chi connectivity index (χ1v) is 4.61. The van der Waals surface area contributed by atoms with Crippen LogP contribution >= 0.6 is 0 Å². The van der Waals surface area contributed by atoms with Crippen LogP contribution in [0.2, 0.25) is 0 Å². The van der Waals surface area contributed by atoms with Crippen molar-refractivity contribution in [2.24, 2.45) is 0 Å². The van der Waals surface area contributed by atoms with E-state index in [-0.39, 0.29) is 5.60 Å². The normalized spacial score (nSPS) is 38.1. The van der Waals surface area contributed by atoms with Gasteiger partial charge in [0.05, 0.1) is 11.7 Å². The molecule has 0 aliphatic carbocycles. The van der Waals surface area contributed by atoms with Gasteiger partial charge in [-0.25, -0.2) is 0 Å². The highest BCUT2D eigenvalue weighted by Crippen LogP contribution is 2.34. The van der Waals surface area contributed by atoms with Gasteiger partial charge in [-0.3, -0.25) is 0 Å². The lowest BCUT2D eigenvalue weighted by Gasteiger charge is -2.28. The fourth-order valence-electron chi connectivity index (χ4n) is 1.70.